The predicted octanol–water partition coefficient (Wildman–Crippen LogP) is 2.88. The number of ether oxygens (including phenoxy) is 1. The van der Waals surface area contributed by atoms with Crippen molar-refractivity contribution in [3.8, 4) is 0 Å². The predicted molar refractivity (Wildman–Crippen MR) is 81.1 cm³/mol. The van der Waals surface area contributed by atoms with Crippen LogP contribution in [0.3, 0.4) is 0 Å². The van der Waals surface area contributed by atoms with Gasteiger partial charge in [-0.1, -0.05) is 48.5 Å². The van der Waals surface area contributed by atoms with E-state index in [9.17, 15) is 4.79 Å². The molecule has 0 saturated heterocycles. The maximum Gasteiger partial charge on any atom is 0.338 e. The van der Waals surface area contributed by atoms with Gasteiger partial charge in [0.1, 0.15) is 18.8 Å². The van der Waals surface area contributed by atoms with E-state index in [0.717, 1.165) is 5.56 Å². The summed E-state index contributed by atoms with van der Waals surface area (Å²) in [5, 5.41) is 4.08. The normalized spacial score (nSPS) is 11.8. The Kier molecular flexibility index (Phi) is 4.25. The van der Waals surface area contributed by atoms with Gasteiger partial charge in [0.25, 0.3) is 0 Å². The van der Waals surface area contributed by atoms with Crippen molar-refractivity contribution in [3.05, 3.63) is 84.4 Å². The van der Waals surface area contributed by atoms with Gasteiger partial charge in [-0.25, -0.2) is 14.5 Å². The summed E-state index contributed by atoms with van der Waals surface area (Å²) in [7, 11) is 0. The van der Waals surface area contributed by atoms with Crippen LogP contribution in [0, 0.1) is 0 Å². The highest BCUT2D eigenvalue weighted by atomic mass is 16.5. The molecule has 22 heavy (non-hydrogen) atoms. The van der Waals surface area contributed by atoms with Crippen LogP contribution in [-0.4, -0.2) is 20.7 Å². The van der Waals surface area contributed by atoms with E-state index >= 15 is 0 Å². The summed E-state index contributed by atoms with van der Waals surface area (Å²) in [4.78, 5) is 16.2. The van der Waals surface area contributed by atoms with Gasteiger partial charge in [0.15, 0.2) is 0 Å². The molecule has 2 aromatic carbocycles. The molecule has 1 heterocycles. The van der Waals surface area contributed by atoms with E-state index in [4.69, 9.17) is 4.74 Å². The molecule has 110 valence electrons. The van der Waals surface area contributed by atoms with Crippen LogP contribution in [0.15, 0.2) is 73.3 Å². The molecular formula is C17H15N3O2. The van der Waals surface area contributed by atoms with Crippen LogP contribution in [0.2, 0.25) is 0 Å². The molecule has 0 aliphatic carbocycles. The fourth-order valence-corrected chi connectivity index (χ4v) is 2.15. The lowest BCUT2D eigenvalue weighted by atomic mass is 10.1. The first-order valence-corrected chi connectivity index (χ1v) is 6.96. The molecule has 0 spiro atoms. The van der Waals surface area contributed by atoms with Crippen LogP contribution in [-0.2, 0) is 11.3 Å². The molecule has 1 atom stereocenters. The Bertz CT molecular complexity index is 712. The third kappa shape index (κ3) is 3.38. The van der Waals surface area contributed by atoms with Crippen molar-refractivity contribution in [1.82, 2.24) is 14.8 Å². The summed E-state index contributed by atoms with van der Waals surface area (Å²) >= 11 is 0. The summed E-state index contributed by atoms with van der Waals surface area (Å²) in [5.41, 5.74) is 1.45. The van der Waals surface area contributed by atoms with E-state index in [2.05, 4.69) is 10.1 Å². The number of aromatic nitrogens is 3. The maximum absolute atomic E-state index is 12.3. The lowest BCUT2D eigenvalue weighted by Crippen LogP contribution is -2.17. The lowest BCUT2D eigenvalue weighted by molar-refractivity contribution is 0.0246. The fourth-order valence-electron chi connectivity index (χ4n) is 2.15. The molecule has 0 saturated carbocycles. The minimum absolute atomic E-state index is 0.352. The Morgan fingerprint density at radius 2 is 1.73 bits per heavy atom. The Morgan fingerprint density at radius 3 is 2.36 bits per heavy atom. The highest BCUT2D eigenvalue weighted by molar-refractivity contribution is 5.89. The molecule has 0 bridgehead atoms. The largest absolute Gasteiger partial charge is 0.452 e. The van der Waals surface area contributed by atoms with Crippen LogP contribution in [0.1, 0.15) is 22.0 Å². The topological polar surface area (TPSA) is 57.0 Å². The zero-order chi connectivity index (χ0) is 15.2. The van der Waals surface area contributed by atoms with E-state index in [1.54, 1.807) is 23.1 Å². The van der Waals surface area contributed by atoms with Gasteiger partial charge in [-0.05, 0) is 17.7 Å². The molecule has 3 rings (SSSR count). The number of carbonyl (C=O) groups excluding carboxylic acids is 1. The van der Waals surface area contributed by atoms with Crippen LogP contribution in [0.5, 0.6) is 0 Å². The van der Waals surface area contributed by atoms with Gasteiger partial charge in [0.2, 0.25) is 0 Å². The van der Waals surface area contributed by atoms with Gasteiger partial charge < -0.3 is 4.74 Å². The van der Waals surface area contributed by atoms with Gasteiger partial charge in [-0.2, -0.15) is 5.10 Å². The molecule has 0 N–H and O–H groups in total. The zero-order valence-corrected chi connectivity index (χ0v) is 11.9. The summed E-state index contributed by atoms with van der Waals surface area (Å²) in [6.07, 6.45) is 2.64. The van der Waals surface area contributed by atoms with Crippen LogP contribution < -0.4 is 0 Å². The molecule has 0 amide bonds. The molecular weight excluding hydrogens is 278 g/mol. The fraction of sp³-hybridized carbons (Fsp3) is 0.118. The number of esters is 1. The third-order valence-electron chi connectivity index (χ3n) is 3.25. The number of carbonyl (C=O) groups is 1. The first kappa shape index (κ1) is 14.0. The molecule has 5 nitrogen and oxygen atoms in total. The van der Waals surface area contributed by atoms with Gasteiger partial charge in [0, 0.05) is 0 Å². The van der Waals surface area contributed by atoms with E-state index in [0.29, 0.717) is 12.1 Å². The number of benzene rings is 2. The van der Waals surface area contributed by atoms with E-state index in [1.807, 2.05) is 48.5 Å². The quantitative estimate of drug-likeness (QED) is 0.679. The summed E-state index contributed by atoms with van der Waals surface area (Å²) in [5.74, 6) is -0.352. The van der Waals surface area contributed by atoms with Crippen molar-refractivity contribution in [2.45, 2.75) is 12.6 Å². The second-order valence-corrected chi connectivity index (χ2v) is 4.79. The van der Waals surface area contributed by atoms with Crippen molar-refractivity contribution in [3.63, 3.8) is 0 Å². The number of nitrogens with zero attached hydrogens (tertiary/aromatic N) is 3. The van der Waals surface area contributed by atoms with Crippen LogP contribution in [0.4, 0.5) is 0 Å². The SMILES string of the molecule is O=C(OC(Cn1cncn1)c1ccccc1)c1ccccc1. The highest BCUT2D eigenvalue weighted by Gasteiger charge is 2.18. The summed E-state index contributed by atoms with van der Waals surface area (Å²) in [6.45, 7) is 0.419. The average Bonchev–Trinajstić information content (AvgIpc) is 3.09. The standard InChI is InChI=1S/C17H15N3O2/c21-17(15-9-5-2-6-10-15)22-16(11-20-13-18-12-19-20)14-7-3-1-4-8-14/h1-10,12-13,16H,11H2. The van der Waals surface area contributed by atoms with E-state index < -0.39 is 6.10 Å². The van der Waals surface area contributed by atoms with E-state index in [-0.39, 0.29) is 5.97 Å². The van der Waals surface area contributed by atoms with Crippen molar-refractivity contribution in [2.24, 2.45) is 0 Å². The van der Waals surface area contributed by atoms with Crippen molar-refractivity contribution < 1.29 is 9.53 Å². The summed E-state index contributed by atoms with van der Waals surface area (Å²) < 4.78 is 7.32. The van der Waals surface area contributed by atoms with Crippen molar-refractivity contribution in [2.75, 3.05) is 0 Å². The second kappa shape index (κ2) is 6.67. The Labute approximate surface area is 128 Å². The van der Waals surface area contributed by atoms with Gasteiger partial charge >= 0.3 is 5.97 Å². The first-order chi connectivity index (χ1) is 10.8. The molecule has 0 radical (unpaired) electrons. The molecule has 1 unspecified atom stereocenters. The minimum atomic E-state index is -0.421. The maximum atomic E-state index is 12.3. The van der Waals surface area contributed by atoms with Gasteiger partial charge in [-0.15, -0.1) is 0 Å². The second-order valence-electron chi connectivity index (χ2n) is 4.79. The number of hydrogen-bond acceptors (Lipinski definition) is 4. The van der Waals surface area contributed by atoms with Gasteiger partial charge in [0.05, 0.1) is 12.1 Å². The molecule has 0 aliphatic rings. The summed E-state index contributed by atoms with van der Waals surface area (Å²) in [6, 6.07) is 18.6. The monoisotopic (exact) mass is 293 g/mol. The number of rotatable bonds is 5. The number of hydrogen-bond donors (Lipinski definition) is 0. The molecule has 5 heteroatoms. The minimum Gasteiger partial charge on any atom is -0.452 e. The smallest absolute Gasteiger partial charge is 0.338 e. The molecule has 1 aromatic heterocycles. The Morgan fingerprint density at radius 1 is 1.05 bits per heavy atom. The zero-order valence-electron chi connectivity index (χ0n) is 11.9. The van der Waals surface area contributed by atoms with Crippen molar-refractivity contribution >= 4 is 5.97 Å². The Hall–Kier alpha value is -2.95. The van der Waals surface area contributed by atoms with E-state index in [1.165, 1.54) is 6.33 Å². The first-order valence-electron chi connectivity index (χ1n) is 6.96. The average molecular weight is 293 g/mol. The Balaban J connectivity index is 1.81. The lowest BCUT2D eigenvalue weighted by Gasteiger charge is -2.18. The van der Waals surface area contributed by atoms with Crippen LogP contribution >= 0.6 is 0 Å². The third-order valence-corrected chi connectivity index (χ3v) is 3.25. The molecule has 0 aliphatic heterocycles. The highest BCUT2D eigenvalue weighted by Crippen LogP contribution is 2.20. The van der Waals surface area contributed by atoms with Crippen molar-refractivity contribution in [1.29, 1.82) is 0 Å². The van der Waals surface area contributed by atoms with Crippen LogP contribution in [0.25, 0.3) is 0 Å². The molecule has 3 aromatic rings. The van der Waals surface area contributed by atoms with Gasteiger partial charge in [-0.3, -0.25) is 0 Å². The molecule has 0 fully saturated rings.